The molecule has 3 nitrogen and oxygen atoms in total. The lowest BCUT2D eigenvalue weighted by molar-refractivity contribution is -0.139. The Morgan fingerprint density at radius 3 is 2.22 bits per heavy atom. The van der Waals surface area contributed by atoms with Gasteiger partial charge in [-0.05, 0) is 62.3 Å². The third-order valence-corrected chi connectivity index (χ3v) is 6.19. The van der Waals surface area contributed by atoms with Crippen LogP contribution in [0.1, 0.15) is 44.6 Å². The van der Waals surface area contributed by atoms with Gasteiger partial charge in [0.25, 0.3) is 0 Å². The highest BCUT2D eigenvalue weighted by atomic mass is 35.5. The van der Waals surface area contributed by atoms with E-state index in [2.05, 4.69) is 4.90 Å². The van der Waals surface area contributed by atoms with Gasteiger partial charge < -0.3 is 10.6 Å². The monoisotopic (exact) mass is 334 g/mol. The number of fused-ring (bicyclic) bond motifs is 1. The van der Waals surface area contributed by atoms with Crippen molar-refractivity contribution in [3.05, 3.63) is 35.9 Å². The van der Waals surface area contributed by atoms with Gasteiger partial charge in [0.15, 0.2) is 0 Å². The molecule has 0 aromatic heterocycles. The number of rotatable bonds is 2. The van der Waals surface area contributed by atoms with Crippen LogP contribution >= 0.6 is 12.4 Å². The molecule has 2 aliphatic carbocycles. The number of halogens is 1. The van der Waals surface area contributed by atoms with Crippen molar-refractivity contribution in [2.24, 2.45) is 23.5 Å². The number of carbonyl (C=O) groups excluding carboxylic acids is 1. The van der Waals surface area contributed by atoms with Crippen molar-refractivity contribution in [2.75, 3.05) is 6.54 Å². The van der Waals surface area contributed by atoms with Gasteiger partial charge in [-0.15, -0.1) is 12.4 Å². The lowest BCUT2D eigenvalue weighted by atomic mass is 9.68. The van der Waals surface area contributed by atoms with Crippen LogP contribution in [-0.4, -0.2) is 23.4 Å². The summed E-state index contributed by atoms with van der Waals surface area (Å²) >= 11 is 0. The zero-order chi connectivity index (χ0) is 15.3. The van der Waals surface area contributed by atoms with Crippen LogP contribution in [-0.2, 0) is 10.3 Å². The van der Waals surface area contributed by atoms with E-state index < -0.39 is 5.54 Å². The number of amides is 1. The van der Waals surface area contributed by atoms with Gasteiger partial charge in [-0.3, -0.25) is 4.79 Å². The van der Waals surface area contributed by atoms with E-state index in [1.165, 1.54) is 32.1 Å². The highest BCUT2D eigenvalue weighted by Crippen LogP contribution is 2.48. The first-order valence-corrected chi connectivity index (χ1v) is 8.69. The van der Waals surface area contributed by atoms with E-state index in [-0.39, 0.29) is 18.3 Å². The molecule has 2 saturated heterocycles. The van der Waals surface area contributed by atoms with Crippen molar-refractivity contribution in [3.8, 4) is 0 Å². The number of hydrogen-bond acceptors (Lipinski definition) is 2. The first kappa shape index (κ1) is 16.8. The fraction of sp³-hybridized carbons (Fsp3) is 0.632. The minimum absolute atomic E-state index is 0. The van der Waals surface area contributed by atoms with Gasteiger partial charge in [-0.1, -0.05) is 30.3 Å². The van der Waals surface area contributed by atoms with Crippen LogP contribution in [0.2, 0.25) is 0 Å². The van der Waals surface area contributed by atoms with Crippen molar-refractivity contribution < 1.29 is 4.79 Å². The van der Waals surface area contributed by atoms with Crippen LogP contribution < -0.4 is 5.73 Å². The van der Waals surface area contributed by atoms with Crippen LogP contribution in [0, 0.1) is 17.8 Å². The molecule has 1 aromatic rings. The second kappa shape index (κ2) is 6.10. The van der Waals surface area contributed by atoms with Crippen LogP contribution in [0.25, 0.3) is 0 Å². The molecule has 23 heavy (non-hydrogen) atoms. The van der Waals surface area contributed by atoms with Gasteiger partial charge >= 0.3 is 0 Å². The summed E-state index contributed by atoms with van der Waals surface area (Å²) in [6.07, 6.45) is 6.44. The molecule has 4 heteroatoms. The maximum absolute atomic E-state index is 13.2. The average molecular weight is 335 g/mol. The Morgan fingerprint density at radius 1 is 1.04 bits per heavy atom. The van der Waals surface area contributed by atoms with Crippen LogP contribution in [0.3, 0.4) is 0 Å². The zero-order valence-electron chi connectivity index (χ0n) is 13.8. The Kier molecular flexibility index (Phi) is 4.45. The number of nitrogens with two attached hydrogens (primary N) is 1. The predicted octanol–water partition coefficient (Wildman–Crippen LogP) is 3.32. The van der Waals surface area contributed by atoms with E-state index in [9.17, 15) is 4.79 Å². The molecule has 1 aromatic carbocycles. The largest absolute Gasteiger partial charge is 0.338 e. The lowest BCUT2D eigenvalue weighted by Crippen LogP contribution is -2.54. The molecule has 2 heterocycles. The van der Waals surface area contributed by atoms with E-state index in [1.807, 2.05) is 37.3 Å². The molecule has 0 radical (unpaired) electrons. The highest BCUT2D eigenvalue weighted by molar-refractivity contribution is 5.87. The summed E-state index contributed by atoms with van der Waals surface area (Å²) in [7, 11) is 0. The molecule has 2 saturated carbocycles. The molecular formula is C19H27ClN2O. The fourth-order valence-corrected chi connectivity index (χ4v) is 5.24. The van der Waals surface area contributed by atoms with Crippen molar-refractivity contribution in [3.63, 3.8) is 0 Å². The Morgan fingerprint density at radius 2 is 1.61 bits per heavy atom. The second-order valence-electron chi connectivity index (χ2n) is 7.96. The van der Waals surface area contributed by atoms with E-state index >= 15 is 0 Å². The standard InChI is InChI=1S/C19H26N2O.ClH/c1-19(20,16-5-3-2-4-6-16)18(22)21-12-15-8-13-7-14(9-15)11-17(21)10-13;/h2-6,13-15,17H,7-12,20H2,1H3;1H. The van der Waals surface area contributed by atoms with Gasteiger partial charge in [-0.25, -0.2) is 0 Å². The molecule has 4 aliphatic rings. The van der Waals surface area contributed by atoms with Crippen LogP contribution in [0.5, 0.6) is 0 Å². The van der Waals surface area contributed by atoms with E-state index in [1.54, 1.807) is 0 Å². The normalized spacial score (nSPS) is 34.4. The molecule has 126 valence electrons. The van der Waals surface area contributed by atoms with Crippen molar-refractivity contribution >= 4 is 18.3 Å². The second-order valence-corrected chi connectivity index (χ2v) is 7.96. The highest BCUT2D eigenvalue weighted by Gasteiger charge is 2.46. The summed E-state index contributed by atoms with van der Waals surface area (Å²) in [5.41, 5.74) is 6.51. The SMILES string of the molecule is CC(N)(C(=O)N1CC2CC3CC(C2)CC1C3)c1ccccc1.Cl. The molecule has 3 atom stereocenters. The summed E-state index contributed by atoms with van der Waals surface area (Å²) in [4.78, 5) is 15.4. The third kappa shape index (κ3) is 2.89. The van der Waals surface area contributed by atoms with Crippen molar-refractivity contribution in [2.45, 2.75) is 50.6 Å². The molecule has 1 amide bonds. The minimum atomic E-state index is -0.914. The molecule has 5 rings (SSSR count). The molecule has 2 aliphatic heterocycles. The smallest absolute Gasteiger partial charge is 0.247 e. The van der Waals surface area contributed by atoms with Crippen LogP contribution in [0.4, 0.5) is 0 Å². The Balaban J connectivity index is 0.00000156. The molecule has 4 fully saturated rings. The van der Waals surface area contributed by atoms with Crippen molar-refractivity contribution in [1.29, 1.82) is 0 Å². The number of benzene rings is 1. The third-order valence-electron chi connectivity index (χ3n) is 6.19. The Bertz CT molecular complexity index is 560. The molecule has 2 N–H and O–H groups in total. The predicted molar refractivity (Wildman–Crippen MR) is 94.3 cm³/mol. The van der Waals surface area contributed by atoms with Gasteiger partial charge in [0.05, 0.1) is 0 Å². The molecular weight excluding hydrogens is 308 g/mol. The van der Waals surface area contributed by atoms with E-state index in [0.717, 1.165) is 23.9 Å². The zero-order valence-corrected chi connectivity index (χ0v) is 14.6. The summed E-state index contributed by atoms with van der Waals surface area (Å²) in [5.74, 6) is 2.52. The topological polar surface area (TPSA) is 46.3 Å². The average Bonchev–Trinajstić information content (AvgIpc) is 2.71. The summed E-state index contributed by atoms with van der Waals surface area (Å²) in [6, 6.07) is 10.3. The molecule has 3 unspecified atom stereocenters. The number of carbonyl (C=O) groups is 1. The van der Waals surface area contributed by atoms with E-state index in [4.69, 9.17) is 5.73 Å². The van der Waals surface area contributed by atoms with Gasteiger partial charge in [0.1, 0.15) is 5.54 Å². The number of hydrogen-bond donors (Lipinski definition) is 1. The van der Waals surface area contributed by atoms with Gasteiger partial charge in [-0.2, -0.15) is 0 Å². The first-order valence-electron chi connectivity index (χ1n) is 8.69. The summed E-state index contributed by atoms with van der Waals surface area (Å²) < 4.78 is 0. The fourth-order valence-electron chi connectivity index (χ4n) is 5.24. The number of nitrogens with zero attached hydrogens (tertiary/aromatic N) is 1. The van der Waals surface area contributed by atoms with E-state index in [0.29, 0.717) is 12.0 Å². The maximum Gasteiger partial charge on any atom is 0.247 e. The van der Waals surface area contributed by atoms with Crippen LogP contribution in [0.15, 0.2) is 30.3 Å². The van der Waals surface area contributed by atoms with Gasteiger partial charge in [0.2, 0.25) is 5.91 Å². The Labute approximate surface area is 145 Å². The first-order chi connectivity index (χ1) is 10.5. The summed E-state index contributed by atoms with van der Waals surface area (Å²) in [6.45, 7) is 2.80. The molecule has 0 spiro atoms. The summed E-state index contributed by atoms with van der Waals surface area (Å²) in [5, 5.41) is 0. The minimum Gasteiger partial charge on any atom is -0.338 e. The Hall–Kier alpha value is -1.06. The van der Waals surface area contributed by atoms with Gasteiger partial charge in [0, 0.05) is 12.6 Å². The quantitative estimate of drug-likeness (QED) is 0.901. The lowest BCUT2D eigenvalue weighted by Gasteiger charge is -2.40. The maximum atomic E-state index is 13.2. The molecule has 4 bridgehead atoms. The van der Waals surface area contributed by atoms with Crippen molar-refractivity contribution in [1.82, 2.24) is 4.90 Å².